The number of hydrogen-bond donors (Lipinski definition) is 1. The van der Waals surface area contributed by atoms with E-state index in [2.05, 4.69) is 17.1 Å². The molecule has 0 aliphatic carbocycles. The van der Waals surface area contributed by atoms with Crippen LogP contribution in [-0.2, 0) is 16.1 Å². The van der Waals surface area contributed by atoms with Gasteiger partial charge < -0.3 is 9.64 Å². The van der Waals surface area contributed by atoms with Crippen molar-refractivity contribution in [3.05, 3.63) is 34.9 Å². The number of carbonyl (C=O) groups is 2. The molecule has 1 aromatic carbocycles. The largest absolute Gasteiger partial charge is 0.383 e. The van der Waals surface area contributed by atoms with Crippen LogP contribution in [-0.4, -0.2) is 89.2 Å². The van der Waals surface area contributed by atoms with Crippen molar-refractivity contribution >= 4 is 17.6 Å². The maximum Gasteiger partial charge on any atom is 0.328 e. The summed E-state index contributed by atoms with van der Waals surface area (Å²) in [5, 5.41) is 10.1. The first-order valence-electron chi connectivity index (χ1n) is 10.7. The van der Waals surface area contributed by atoms with E-state index in [-0.39, 0.29) is 30.8 Å². The summed E-state index contributed by atoms with van der Waals surface area (Å²) in [5.74, 6) is -0.169. The van der Waals surface area contributed by atoms with Gasteiger partial charge in [-0.2, -0.15) is 5.10 Å². The molecule has 2 fully saturated rings. The molecular weight excluding hydrogens is 396 g/mol. The molecule has 0 radical (unpaired) electrons. The van der Waals surface area contributed by atoms with Crippen molar-refractivity contribution in [2.45, 2.75) is 58.8 Å². The Labute approximate surface area is 183 Å². The Bertz CT molecular complexity index is 919. The molecule has 4 atom stereocenters. The summed E-state index contributed by atoms with van der Waals surface area (Å²) in [6.07, 6.45) is -0.683. The summed E-state index contributed by atoms with van der Waals surface area (Å²) in [6, 6.07) is 5.32. The molecule has 2 saturated heterocycles. The van der Waals surface area contributed by atoms with Gasteiger partial charge in [-0.1, -0.05) is 23.8 Å². The molecule has 9 nitrogen and oxygen atoms in total. The monoisotopic (exact) mass is 428 g/mol. The van der Waals surface area contributed by atoms with Gasteiger partial charge in [-0.25, -0.2) is 9.69 Å². The number of rotatable bonds is 5. The summed E-state index contributed by atoms with van der Waals surface area (Å²) in [5.41, 5.74) is 4.10. The minimum Gasteiger partial charge on any atom is -0.383 e. The third-order valence-electron chi connectivity index (χ3n) is 6.67. The molecule has 0 spiro atoms. The number of imide groups is 1. The fourth-order valence-corrected chi connectivity index (χ4v) is 4.69. The van der Waals surface area contributed by atoms with Gasteiger partial charge in [-0.3, -0.25) is 20.0 Å². The predicted octanol–water partition coefficient (Wildman–Crippen LogP) is 1.31. The molecule has 4 unspecified atom stereocenters. The lowest BCUT2D eigenvalue weighted by atomic mass is 10.0. The minimum absolute atomic E-state index is 0.0283. The predicted molar refractivity (Wildman–Crippen MR) is 117 cm³/mol. The van der Waals surface area contributed by atoms with Crippen LogP contribution in [0.4, 0.5) is 4.79 Å². The summed E-state index contributed by atoms with van der Waals surface area (Å²) in [7, 11) is 3.41. The van der Waals surface area contributed by atoms with Gasteiger partial charge in [0, 0.05) is 14.2 Å². The van der Waals surface area contributed by atoms with E-state index in [4.69, 9.17) is 9.84 Å². The number of hydrogen-bond acceptors (Lipinski definition) is 7. The number of ether oxygens (including phenoxy) is 1. The number of aryl methyl sites for hydroxylation is 2. The van der Waals surface area contributed by atoms with E-state index >= 15 is 0 Å². The lowest BCUT2D eigenvalue weighted by Gasteiger charge is -2.45. The summed E-state index contributed by atoms with van der Waals surface area (Å²) in [4.78, 5) is 32.1. The van der Waals surface area contributed by atoms with E-state index in [1.165, 1.54) is 4.90 Å². The Balaban J connectivity index is 1.66. The molecule has 9 heteroatoms. The van der Waals surface area contributed by atoms with E-state index in [0.717, 1.165) is 22.4 Å². The lowest BCUT2D eigenvalue weighted by Crippen LogP contribution is -2.67. The highest BCUT2D eigenvalue weighted by Gasteiger charge is 2.57. The quantitative estimate of drug-likeness (QED) is 0.762. The van der Waals surface area contributed by atoms with Crippen LogP contribution >= 0.6 is 0 Å². The summed E-state index contributed by atoms with van der Waals surface area (Å²) in [6.45, 7) is 9.44. The minimum atomic E-state index is -0.483. The van der Waals surface area contributed by atoms with Gasteiger partial charge >= 0.3 is 6.03 Å². The van der Waals surface area contributed by atoms with Crippen LogP contribution in [0.25, 0.3) is 0 Å². The highest BCUT2D eigenvalue weighted by molar-refractivity contribution is 6.01. The highest BCUT2D eigenvalue weighted by atomic mass is 16.5. The Morgan fingerprint density at radius 2 is 1.94 bits per heavy atom. The van der Waals surface area contributed by atoms with Crippen molar-refractivity contribution < 1.29 is 14.3 Å². The number of carbonyl (C=O) groups excluding carboxylic acids is 2. The number of benzene rings is 1. The topological polar surface area (TPSA) is 80.7 Å². The van der Waals surface area contributed by atoms with Crippen LogP contribution in [0, 0.1) is 13.8 Å². The zero-order valence-electron chi connectivity index (χ0n) is 19.1. The third kappa shape index (κ3) is 3.60. The Morgan fingerprint density at radius 1 is 1.19 bits per heavy atom. The normalized spacial score (nSPS) is 28.7. The molecule has 3 amide bonds. The molecule has 3 heterocycles. The molecule has 1 N–H and O–H groups in total. The molecule has 3 aliphatic heterocycles. The van der Waals surface area contributed by atoms with Gasteiger partial charge in [-0.15, -0.1) is 0 Å². The Kier molecular flexibility index (Phi) is 5.76. The second kappa shape index (κ2) is 8.22. The van der Waals surface area contributed by atoms with Crippen LogP contribution in [0.1, 0.15) is 30.5 Å². The number of fused-ring (bicyclic) bond motifs is 3. The first-order valence-corrected chi connectivity index (χ1v) is 10.7. The van der Waals surface area contributed by atoms with Crippen LogP contribution in [0.2, 0.25) is 0 Å². The Morgan fingerprint density at radius 3 is 2.65 bits per heavy atom. The van der Waals surface area contributed by atoms with Gasteiger partial charge in [-0.05, 0) is 38.8 Å². The second-order valence-corrected chi connectivity index (χ2v) is 8.70. The SMILES string of the molecule is COCCN1N=C(C)C(C)N2C3C(=O)N(Cc4cc(C)ccc4C)C(=O)N(C)C3NC12. The third-order valence-corrected chi connectivity index (χ3v) is 6.67. The van der Waals surface area contributed by atoms with E-state index in [0.29, 0.717) is 13.2 Å². The molecule has 1 aromatic rings. The molecule has 3 aliphatic rings. The number of amides is 3. The molecule has 168 valence electrons. The van der Waals surface area contributed by atoms with Crippen LogP contribution in [0.15, 0.2) is 23.3 Å². The van der Waals surface area contributed by atoms with Crippen LogP contribution in [0.5, 0.6) is 0 Å². The molecule has 0 aromatic heterocycles. The van der Waals surface area contributed by atoms with E-state index in [9.17, 15) is 9.59 Å². The van der Waals surface area contributed by atoms with Crippen molar-refractivity contribution in [2.24, 2.45) is 5.10 Å². The fraction of sp³-hybridized carbons (Fsp3) is 0.591. The summed E-state index contributed by atoms with van der Waals surface area (Å²) < 4.78 is 5.24. The maximum absolute atomic E-state index is 13.7. The fourth-order valence-electron chi connectivity index (χ4n) is 4.69. The maximum atomic E-state index is 13.7. The van der Waals surface area contributed by atoms with Gasteiger partial charge in [0.1, 0.15) is 12.2 Å². The van der Waals surface area contributed by atoms with Crippen molar-refractivity contribution in [3.63, 3.8) is 0 Å². The first-order chi connectivity index (χ1) is 14.7. The molecule has 0 bridgehead atoms. The van der Waals surface area contributed by atoms with Gasteiger partial charge in [0.2, 0.25) is 0 Å². The van der Waals surface area contributed by atoms with Crippen molar-refractivity contribution in [1.29, 1.82) is 0 Å². The van der Waals surface area contributed by atoms with Crippen molar-refractivity contribution in [3.8, 4) is 0 Å². The van der Waals surface area contributed by atoms with Crippen LogP contribution in [0.3, 0.4) is 0 Å². The first kappa shape index (κ1) is 21.7. The number of likely N-dealkylation sites (N-methyl/N-ethyl adjacent to an activating group) is 1. The van der Waals surface area contributed by atoms with E-state index in [1.54, 1.807) is 19.1 Å². The van der Waals surface area contributed by atoms with Crippen LogP contribution < -0.4 is 5.32 Å². The molecule has 31 heavy (non-hydrogen) atoms. The number of nitrogens with one attached hydrogen (secondary N) is 1. The van der Waals surface area contributed by atoms with Gasteiger partial charge in [0.05, 0.1) is 31.4 Å². The Hall–Kier alpha value is -2.49. The highest BCUT2D eigenvalue weighted by Crippen LogP contribution is 2.33. The number of hydrazone groups is 1. The number of methoxy groups -OCH3 is 1. The smallest absolute Gasteiger partial charge is 0.328 e. The van der Waals surface area contributed by atoms with Gasteiger partial charge in [0.15, 0.2) is 6.29 Å². The lowest BCUT2D eigenvalue weighted by molar-refractivity contribution is -0.140. The summed E-state index contributed by atoms with van der Waals surface area (Å²) >= 11 is 0. The number of nitrogens with zero attached hydrogens (tertiary/aromatic N) is 5. The number of urea groups is 1. The van der Waals surface area contributed by atoms with E-state index in [1.807, 2.05) is 44.0 Å². The molecule has 0 saturated carbocycles. The molecular formula is C22H32N6O3. The van der Waals surface area contributed by atoms with Crippen molar-refractivity contribution in [1.82, 2.24) is 25.0 Å². The van der Waals surface area contributed by atoms with E-state index < -0.39 is 12.2 Å². The zero-order chi connectivity index (χ0) is 22.4. The van der Waals surface area contributed by atoms with Crippen molar-refractivity contribution in [2.75, 3.05) is 27.3 Å². The van der Waals surface area contributed by atoms with Gasteiger partial charge in [0.25, 0.3) is 5.91 Å². The zero-order valence-corrected chi connectivity index (χ0v) is 19.1. The second-order valence-electron chi connectivity index (χ2n) is 8.70. The standard InChI is InChI=1S/C22H32N6O3/c1-13-7-8-14(2)17(11-13)12-26-20(29)18-19(25(5)22(26)30)23-21-27(9-10-31-6)24-15(3)16(4)28(18)21/h7-8,11,16,18-19,21,23H,9-10,12H2,1-6H3. The molecule has 4 rings (SSSR count). The average molecular weight is 429 g/mol. The average Bonchev–Trinajstić information content (AvgIpc) is 3.15.